The standard InChI is InChI=1S/C6H15NO3.2C6H12O7.Cu/c8-4-1-7(2-5-9)3-6-10;2*7-1-2(8)3(9)4(10)5(11)6(12)13;/h8-10H,1-6H2;2*2-5,7-11H,1H2,(H,12,13);/q;;;+2/p-2/t;2*2-,3-,4+,5-;/m.11./s1. The molecule has 19 heteroatoms. The van der Waals surface area contributed by atoms with Gasteiger partial charge in [0.25, 0.3) is 0 Å². The largest absolute Gasteiger partial charge is 2.00 e. The first-order chi connectivity index (χ1) is 16.7. The van der Waals surface area contributed by atoms with Crippen LogP contribution in [0.2, 0.25) is 0 Å². The van der Waals surface area contributed by atoms with Crippen LogP contribution in [0.3, 0.4) is 0 Å². The second-order valence-corrected chi connectivity index (χ2v) is 7.00. The Bertz CT molecular complexity index is 510. The van der Waals surface area contributed by atoms with Gasteiger partial charge >= 0.3 is 17.1 Å². The molecule has 0 aliphatic carbocycles. The number of carbonyl (C=O) groups is 2. The van der Waals surface area contributed by atoms with Gasteiger partial charge in [-0.15, -0.1) is 0 Å². The second kappa shape index (κ2) is 25.2. The molecule has 37 heavy (non-hydrogen) atoms. The zero-order chi connectivity index (χ0) is 29.0. The molecular weight excluding hydrogens is 566 g/mol. The Balaban J connectivity index is -0.000000220. The molecule has 227 valence electrons. The molecule has 0 aromatic carbocycles. The fourth-order valence-corrected chi connectivity index (χ4v) is 2.08. The van der Waals surface area contributed by atoms with Crippen molar-refractivity contribution in [2.24, 2.45) is 0 Å². The van der Waals surface area contributed by atoms with Gasteiger partial charge in [-0.3, -0.25) is 4.90 Å². The third-order valence-electron chi connectivity index (χ3n) is 4.24. The molecule has 0 saturated carbocycles. The maximum absolute atomic E-state index is 9.98. The second-order valence-electron chi connectivity index (χ2n) is 7.00. The molecular formula is C18H37CuNO17. The fraction of sp³-hybridized carbons (Fsp3) is 0.889. The SMILES string of the molecule is O=C([O-])[C@H](O)[C@@H](O)[C@H](O)[C@H](O)CO.O=C([O-])[C@H](O)[C@@H](O)[C@H](O)[C@H](O)CO.OCCN(CCO)CCO.[Cu+2]. The molecule has 0 unspecified atom stereocenters. The van der Waals surface area contributed by atoms with E-state index < -0.39 is 74.0 Å². The van der Waals surface area contributed by atoms with Crippen LogP contribution >= 0.6 is 0 Å². The molecule has 13 N–H and O–H groups in total. The van der Waals surface area contributed by atoms with E-state index in [4.69, 9.17) is 66.4 Å². The maximum Gasteiger partial charge on any atom is 2.00 e. The quantitative estimate of drug-likeness (QED) is 0.0728. The van der Waals surface area contributed by atoms with E-state index in [1.54, 1.807) is 4.90 Å². The number of aliphatic hydroxyl groups excluding tert-OH is 13. The number of carboxylic acids is 2. The first-order valence-corrected chi connectivity index (χ1v) is 10.3. The summed E-state index contributed by atoms with van der Waals surface area (Å²) in [5, 5.41) is 132. The van der Waals surface area contributed by atoms with Crippen molar-refractivity contribution in [1.82, 2.24) is 4.90 Å². The van der Waals surface area contributed by atoms with E-state index in [9.17, 15) is 19.8 Å². The Hall–Kier alpha value is -1.10. The molecule has 18 nitrogen and oxygen atoms in total. The third-order valence-corrected chi connectivity index (χ3v) is 4.24. The Kier molecular flexibility index (Phi) is 29.3. The van der Waals surface area contributed by atoms with Crippen molar-refractivity contribution in [2.75, 3.05) is 52.7 Å². The van der Waals surface area contributed by atoms with Gasteiger partial charge in [0.05, 0.1) is 45.0 Å². The van der Waals surface area contributed by atoms with Crippen LogP contribution in [-0.2, 0) is 26.7 Å². The van der Waals surface area contributed by atoms with E-state index in [1.165, 1.54) is 0 Å². The third kappa shape index (κ3) is 19.6. The summed E-state index contributed by atoms with van der Waals surface area (Å²) in [4.78, 5) is 21.8. The van der Waals surface area contributed by atoms with Crippen LogP contribution in [0.4, 0.5) is 0 Å². The summed E-state index contributed by atoms with van der Waals surface area (Å²) in [6.07, 6.45) is -16.2. The van der Waals surface area contributed by atoms with Crippen molar-refractivity contribution >= 4 is 11.9 Å². The minimum absolute atomic E-state index is 0. The van der Waals surface area contributed by atoms with Gasteiger partial charge < -0.3 is 86.2 Å². The Morgan fingerprint density at radius 2 is 0.784 bits per heavy atom. The molecule has 0 bridgehead atoms. The smallest absolute Gasteiger partial charge is 0.547 e. The Morgan fingerprint density at radius 1 is 0.541 bits per heavy atom. The summed E-state index contributed by atoms with van der Waals surface area (Å²) in [5.41, 5.74) is 0. The van der Waals surface area contributed by atoms with Gasteiger partial charge in [0.2, 0.25) is 0 Å². The van der Waals surface area contributed by atoms with Crippen molar-refractivity contribution < 1.29 is 103 Å². The molecule has 0 amide bonds. The number of carbonyl (C=O) groups excluding carboxylic acids is 2. The molecule has 0 saturated heterocycles. The number of nitrogens with zero attached hydrogens (tertiary/aromatic N) is 1. The Labute approximate surface area is 222 Å². The van der Waals surface area contributed by atoms with Gasteiger partial charge in [-0.25, -0.2) is 0 Å². The summed E-state index contributed by atoms with van der Waals surface area (Å²) in [5.74, 6) is -3.95. The van der Waals surface area contributed by atoms with E-state index in [1.807, 2.05) is 0 Å². The van der Waals surface area contributed by atoms with Crippen molar-refractivity contribution in [2.45, 2.75) is 48.8 Å². The fourth-order valence-electron chi connectivity index (χ4n) is 2.08. The average Bonchev–Trinajstić information content (AvgIpc) is 2.85. The molecule has 0 fully saturated rings. The van der Waals surface area contributed by atoms with Crippen molar-refractivity contribution in [1.29, 1.82) is 0 Å². The first kappa shape index (κ1) is 43.0. The number of aliphatic hydroxyl groups is 13. The Morgan fingerprint density at radius 3 is 0.946 bits per heavy atom. The van der Waals surface area contributed by atoms with Crippen molar-refractivity contribution in [3.05, 3.63) is 0 Å². The van der Waals surface area contributed by atoms with Gasteiger partial charge in [0, 0.05) is 19.6 Å². The van der Waals surface area contributed by atoms with E-state index >= 15 is 0 Å². The number of carboxylic acid groups (broad SMARTS) is 2. The van der Waals surface area contributed by atoms with E-state index in [-0.39, 0.29) is 36.9 Å². The zero-order valence-electron chi connectivity index (χ0n) is 19.5. The van der Waals surface area contributed by atoms with Crippen LogP contribution in [0, 0.1) is 0 Å². The monoisotopic (exact) mass is 602 g/mol. The first-order valence-electron chi connectivity index (χ1n) is 10.3. The minimum Gasteiger partial charge on any atom is -0.547 e. The number of rotatable bonds is 16. The van der Waals surface area contributed by atoms with Crippen LogP contribution in [-0.4, -0.2) is 185 Å². The molecule has 8 atom stereocenters. The predicted octanol–water partition coefficient (Wildman–Crippen LogP) is -11.4. The molecule has 0 heterocycles. The molecule has 0 rings (SSSR count). The van der Waals surface area contributed by atoms with Gasteiger partial charge in [0.1, 0.15) is 48.8 Å². The van der Waals surface area contributed by atoms with Gasteiger partial charge in [0.15, 0.2) is 0 Å². The maximum atomic E-state index is 9.98. The van der Waals surface area contributed by atoms with Crippen LogP contribution in [0.25, 0.3) is 0 Å². The summed E-state index contributed by atoms with van der Waals surface area (Å²) < 4.78 is 0. The van der Waals surface area contributed by atoms with Crippen LogP contribution < -0.4 is 10.2 Å². The molecule has 0 aromatic rings. The van der Waals surface area contributed by atoms with E-state index in [0.29, 0.717) is 19.6 Å². The molecule has 0 aliphatic heterocycles. The summed E-state index contributed by atoms with van der Waals surface area (Å²) in [6, 6.07) is 0. The van der Waals surface area contributed by atoms with Crippen LogP contribution in [0.5, 0.6) is 0 Å². The summed E-state index contributed by atoms with van der Waals surface area (Å²) in [7, 11) is 0. The molecule has 1 radical (unpaired) electrons. The van der Waals surface area contributed by atoms with Crippen molar-refractivity contribution in [3.63, 3.8) is 0 Å². The number of hydrogen-bond acceptors (Lipinski definition) is 18. The predicted molar refractivity (Wildman–Crippen MR) is 110 cm³/mol. The van der Waals surface area contributed by atoms with Crippen molar-refractivity contribution in [3.8, 4) is 0 Å². The minimum atomic E-state index is -2.31. The van der Waals surface area contributed by atoms with Gasteiger partial charge in [-0.2, -0.15) is 0 Å². The summed E-state index contributed by atoms with van der Waals surface area (Å²) >= 11 is 0. The number of aliphatic carboxylic acids is 2. The van der Waals surface area contributed by atoms with E-state index in [2.05, 4.69) is 0 Å². The molecule has 0 aromatic heterocycles. The molecule has 0 spiro atoms. The average molecular weight is 603 g/mol. The van der Waals surface area contributed by atoms with Crippen LogP contribution in [0.1, 0.15) is 0 Å². The van der Waals surface area contributed by atoms with Gasteiger partial charge in [-0.05, 0) is 0 Å². The number of hydrogen-bond donors (Lipinski definition) is 13. The summed E-state index contributed by atoms with van der Waals surface area (Å²) in [6.45, 7) is 0.0271. The normalized spacial score (nSPS) is 17.2. The van der Waals surface area contributed by atoms with Crippen LogP contribution in [0.15, 0.2) is 0 Å². The zero-order valence-corrected chi connectivity index (χ0v) is 20.4. The molecule has 0 aliphatic rings. The topological polar surface area (TPSA) is 346 Å². The van der Waals surface area contributed by atoms with E-state index in [0.717, 1.165) is 0 Å². The van der Waals surface area contributed by atoms with Gasteiger partial charge in [-0.1, -0.05) is 0 Å².